The van der Waals surface area contributed by atoms with Gasteiger partial charge < -0.3 is 10.4 Å². The molecule has 0 saturated carbocycles. The predicted octanol–water partition coefficient (Wildman–Crippen LogP) is 2.44. The van der Waals surface area contributed by atoms with Crippen LogP contribution in [-0.4, -0.2) is 48.2 Å². The highest BCUT2D eigenvalue weighted by molar-refractivity contribution is 5.69. The normalized spacial score (nSPS) is 25.1. The van der Waals surface area contributed by atoms with Crippen LogP contribution in [0.4, 0.5) is 0 Å². The lowest BCUT2D eigenvalue weighted by Gasteiger charge is -2.40. The summed E-state index contributed by atoms with van der Waals surface area (Å²) < 4.78 is 0. The molecule has 2 unspecified atom stereocenters. The van der Waals surface area contributed by atoms with Gasteiger partial charge in [-0.15, -0.1) is 0 Å². The Labute approximate surface area is 123 Å². The third kappa shape index (κ3) is 7.25. The quantitative estimate of drug-likeness (QED) is 0.786. The van der Waals surface area contributed by atoms with Crippen molar-refractivity contribution in [1.82, 2.24) is 10.2 Å². The number of carboxylic acids is 1. The fourth-order valence-corrected chi connectivity index (χ4v) is 3.19. The Kier molecular flexibility index (Phi) is 6.46. The van der Waals surface area contributed by atoms with E-state index in [-0.39, 0.29) is 6.54 Å². The van der Waals surface area contributed by atoms with Gasteiger partial charge in [0.1, 0.15) is 0 Å². The number of carboxylic acid groups (broad SMARTS) is 1. The molecule has 118 valence electrons. The van der Waals surface area contributed by atoms with E-state index in [1.807, 2.05) is 0 Å². The van der Waals surface area contributed by atoms with E-state index in [2.05, 4.69) is 44.8 Å². The number of rotatable bonds is 6. The van der Waals surface area contributed by atoms with Crippen molar-refractivity contribution in [3.63, 3.8) is 0 Å². The topological polar surface area (TPSA) is 52.6 Å². The summed E-state index contributed by atoms with van der Waals surface area (Å²) in [4.78, 5) is 13.1. The smallest absolute Gasteiger partial charge is 0.317 e. The highest BCUT2D eigenvalue weighted by atomic mass is 16.4. The molecule has 0 aromatic rings. The van der Waals surface area contributed by atoms with Crippen LogP contribution in [0.1, 0.15) is 47.5 Å². The molecule has 1 rings (SSSR count). The number of aliphatic carboxylic acids is 1. The number of nitrogens with one attached hydrogen (secondary N) is 1. The van der Waals surface area contributed by atoms with Crippen molar-refractivity contribution in [1.29, 1.82) is 0 Å². The zero-order valence-corrected chi connectivity index (χ0v) is 13.8. The Bertz CT molecular complexity index is 310. The molecule has 20 heavy (non-hydrogen) atoms. The first-order chi connectivity index (χ1) is 9.15. The molecular weight excluding hydrogens is 252 g/mol. The Balaban J connectivity index is 2.59. The molecule has 0 aromatic heterocycles. The van der Waals surface area contributed by atoms with E-state index >= 15 is 0 Å². The Morgan fingerprint density at radius 3 is 2.50 bits per heavy atom. The van der Waals surface area contributed by atoms with E-state index in [0.717, 1.165) is 26.1 Å². The van der Waals surface area contributed by atoms with Gasteiger partial charge in [0.05, 0.1) is 6.54 Å². The van der Waals surface area contributed by atoms with Crippen LogP contribution in [0.25, 0.3) is 0 Å². The number of hydrogen-bond donors (Lipinski definition) is 2. The molecule has 0 bridgehead atoms. The van der Waals surface area contributed by atoms with Gasteiger partial charge in [0.25, 0.3) is 0 Å². The van der Waals surface area contributed by atoms with E-state index in [0.29, 0.717) is 23.3 Å². The first kappa shape index (κ1) is 17.4. The average molecular weight is 284 g/mol. The zero-order valence-electron chi connectivity index (χ0n) is 13.8. The summed E-state index contributed by atoms with van der Waals surface area (Å²) in [7, 11) is 0. The van der Waals surface area contributed by atoms with Gasteiger partial charge in [-0.25, -0.2) is 0 Å². The van der Waals surface area contributed by atoms with Crippen LogP contribution in [0.3, 0.4) is 0 Å². The SMILES string of the molecule is CC(C)CNC1CC(CC(C)(C)C)CN(CC(=O)O)C1. The molecule has 1 aliphatic heterocycles. The second kappa shape index (κ2) is 7.41. The average Bonchev–Trinajstić information content (AvgIpc) is 2.22. The van der Waals surface area contributed by atoms with Crippen LogP contribution >= 0.6 is 0 Å². The van der Waals surface area contributed by atoms with Crippen LogP contribution in [0.15, 0.2) is 0 Å². The standard InChI is InChI=1S/C16H32N2O2/c1-12(2)8-17-14-6-13(7-16(3,4)5)9-18(10-14)11-15(19)20/h12-14,17H,6-11H2,1-5H3,(H,19,20). The lowest BCUT2D eigenvalue weighted by Crippen LogP contribution is -2.51. The molecule has 2 atom stereocenters. The van der Waals surface area contributed by atoms with Gasteiger partial charge >= 0.3 is 5.97 Å². The van der Waals surface area contributed by atoms with Crippen molar-refractivity contribution in [2.24, 2.45) is 17.3 Å². The number of hydrogen-bond acceptors (Lipinski definition) is 3. The van der Waals surface area contributed by atoms with E-state index in [4.69, 9.17) is 5.11 Å². The first-order valence-corrected chi connectivity index (χ1v) is 7.83. The van der Waals surface area contributed by atoms with Gasteiger partial charge in [-0.05, 0) is 36.6 Å². The molecule has 1 heterocycles. The monoisotopic (exact) mass is 284 g/mol. The largest absolute Gasteiger partial charge is 0.480 e. The summed E-state index contributed by atoms with van der Waals surface area (Å²) in [5.74, 6) is 0.502. The highest BCUT2D eigenvalue weighted by Crippen LogP contribution is 2.30. The molecule has 1 fully saturated rings. The lowest BCUT2D eigenvalue weighted by molar-refractivity contribution is -0.138. The molecule has 0 aromatic carbocycles. The van der Waals surface area contributed by atoms with Crippen LogP contribution < -0.4 is 5.32 Å². The minimum atomic E-state index is -0.719. The fraction of sp³-hybridized carbons (Fsp3) is 0.938. The summed E-state index contributed by atoms with van der Waals surface area (Å²) >= 11 is 0. The number of carbonyl (C=O) groups is 1. The van der Waals surface area contributed by atoms with Gasteiger partial charge in [0.2, 0.25) is 0 Å². The molecule has 0 aliphatic carbocycles. The van der Waals surface area contributed by atoms with Crippen LogP contribution in [0, 0.1) is 17.3 Å². The van der Waals surface area contributed by atoms with Crippen molar-refractivity contribution in [3.05, 3.63) is 0 Å². The zero-order chi connectivity index (χ0) is 15.3. The molecule has 1 saturated heterocycles. The van der Waals surface area contributed by atoms with Crippen LogP contribution in [0.5, 0.6) is 0 Å². The van der Waals surface area contributed by atoms with Crippen molar-refractivity contribution in [2.75, 3.05) is 26.2 Å². The minimum absolute atomic E-state index is 0.167. The van der Waals surface area contributed by atoms with Crippen molar-refractivity contribution in [3.8, 4) is 0 Å². The molecule has 4 nitrogen and oxygen atoms in total. The molecular formula is C16H32N2O2. The maximum absolute atomic E-state index is 11.0. The molecule has 4 heteroatoms. The number of nitrogens with zero attached hydrogens (tertiary/aromatic N) is 1. The highest BCUT2D eigenvalue weighted by Gasteiger charge is 2.30. The molecule has 2 N–H and O–H groups in total. The second-order valence-electron chi connectivity index (χ2n) is 7.95. The Morgan fingerprint density at radius 2 is 2.00 bits per heavy atom. The summed E-state index contributed by atoms with van der Waals surface area (Å²) in [5, 5.41) is 12.6. The van der Waals surface area contributed by atoms with E-state index < -0.39 is 5.97 Å². The van der Waals surface area contributed by atoms with E-state index in [1.165, 1.54) is 6.42 Å². The summed E-state index contributed by atoms with van der Waals surface area (Å²) in [6, 6.07) is 0.429. The van der Waals surface area contributed by atoms with E-state index in [9.17, 15) is 4.79 Å². The molecule has 0 radical (unpaired) electrons. The Morgan fingerprint density at radius 1 is 1.35 bits per heavy atom. The van der Waals surface area contributed by atoms with Crippen molar-refractivity contribution < 1.29 is 9.90 Å². The maximum Gasteiger partial charge on any atom is 0.317 e. The van der Waals surface area contributed by atoms with Gasteiger partial charge in [-0.1, -0.05) is 34.6 Å². The number of likely N-dealkylation sites (tertiary alicyclic amines) is 1. The van der Waals surface area contributed by atoms with E-state index in [1.54, 1.807) is 0 Å². The second-order valence-corrected chi connectivity index (χ2v) is 7.95. The molecule has 1 aliphatic rings. The van der Waals surface area contributed by atoms with Gasteiger partial charge in [0.15, 0.2) is 0 Å². The predicted molar refractivity (Wildman–Crippen MR) is 82.9 cm³/mol. The fourth-order valence-electron chi connectivity index (χ4n) is 3.19. The lowest BCUT2D eigenvalue weighted by atomic mass is 9.80. The summed E-state index contributed by atoms with van der Waals surface area (Å²) in [5.41, 5.74) is 0.305. The maximum atomic E-state index is 11.0. The van der Waals surface area contributed by atoms with Crippen molar-refractivity contribution in [2.45, 2.75) is 53.5 Å². The molecule has 0 spiro atoms. The van der Waals surface area contributed by atoms with Crippen LogP contribution in [0.2, 0.25) is 0 Å². The third-order valence-corrected chi connectivity index (χ3v) is 3.69. The molecule has 0 amide bonds. The summed E-state index contributed by atoms with van der Waals surface area (Å²) in [6.07, 6.45) is 2.32. The van der Waals surface area contributed by atoms with Gasteiger partial charge in [-0.2, -0.15) is 0 Å². The third-order valence-electron chi connectivity index (χ3n) is 3.69. The first-order valence-electron chi connectivity index (χ1n) is 7.83. The van der Waals surface area contributed by atoms with Gasteiger partial charge in [-0.3, -0.25) is 9.69 Å². The minimum Gasteiger partial charge on any atom is -0.480 e. The van der Waals surface area contributed by atoms with Crippen molar-refractivity contribution >= 4 is 5.97 Å². The van der Waals surface area contributed by atoms with Crippen LogP contribution in [-0.2, 0) is 4.79 Å². The Hall–Kier alpha value is -0.610. The number of piperidine rings is 1. The van der Waals surface area contributed by atoms with Gasteiger partial charge in [0, 0.05) is 19.1 Å². The summed E-state index contributed by atoms with van der Waals surface area (Å²) in [6.45, 7) is 14.2.